The topological polar surface area (TPSA) is 82.4 Å². The summed E-state index contributed by atoms with van der Waals surface area (Å²) in [6, 6.07) is 57.6. The number of alkyl halides is 15. The Morgan fingerprint density at radius 2 is 0.575 bits per heavy atom. The molecular formula is C64H32F15N7O. The first kappa shape index (κ1) is 54.7. The molecule has 0 radical (unpaired) electrons. The Morgan fingerprint density at radius 3 is 0.885 bits per heavy atom. The Balaban J connectivity index is 1.23. The monoisotopic (exact) mass is 1200 g/mol. The van der Waals surface area contributed by atoms with Crippen LogP contribution in [0, 0.1) is 11.3 Å². The van der Waals surface area contributed by atoms with Gasteiger partial charge in [0.2, 0.25) is 0 Å². The van der Waals surface area contributed by atoms with E-state index in [0.717, 1.165) is 0 Å². The molecule has 0 amide bonds. The van der Waals surface area contributed by atoms with Gasteiger partial charge < -0.3 is 22.7 Å². The predicted molar refractivity (Wildman–Crippen MR) is 296 cm³/mol. The van der Waals surface area contributed by atoms with Crippen LogP contribution in [0.1, 0.15) is 11.5 Å². The van der Waals surface area contributed by atoms with E-state index in [-0.39, 0.29) is 39.3 Å². The fourth-order valence-corrected chi connectivity index (χ4v) is 12.1. The average molecular weight is 1200 g/mol. The highest BCUT2D eigenvalue weighted by molar-refractivity contribution is 6.17. The zero-order valence-corrected chi connectivity index (χ0v) is 43.7. The Kier molecular flexibility index (Phi) is 11.6. The Morgan fingerprint density at radius 1 is 0.310 bits per heavy atom. The van der Waals surface area contributed by atoms with Crippen LogP contribution in [0.4, 0.5) is 65.9 Å². The zero-order chi connectivity index (χ0) is 61.1. The SMILES string of the molecule is N#Cc1c(-n2c3ccccc3c3ccccc32)c(-c2nnc(C(F)(F)C(F)(F)C(F)(F)C(F)(F)C(F)(F)C(F)(F)C(F)(F)F)o2)c(-n2c3ccccc3c3ccccc32)c(-n2c3ccccc3c3ccccc32)c1-n1c2ccccc2c2ccccc21. The fraction of sp³-hybridized carbons (Fsp3) is 0.109. The standard InChI is InChI=1S/C64H32F15N7O/c65-58(66,59(67,68)60(69,70)61(71,72)62(73,74)63(75,76)64(77,78)79)57-82-81-56(87-57)51-52(83-43-25-9-1-17-34(43)35-18-2-10-26-44(35)83)42(33-80)53(84-45-27-11-3-19-36(45)37-20-4-12-28-46(37)84)55(86-49-31-15-7-23-40(49)41-24-8-16-32-50(41)86)54(51)85-47-29-13-5-21-38(47)39-22-6-14-30-48(39)85/h1-32H. The van der Waals surface area contributed by atoms with Crippen LogP contribution in [-0.2, 0) is 5.92 Å². The van der Waals surface area contributed by atoms with E-state index in [1.54, 1.807) is 196 Å². The smallest absolute Gasteiger partial charge is 0.414 e. The highest BCUT2D eigenvalue weighted by Crippen LogP contribution is 2.64. The van der Waals surface area contributed by atoms with Gasteiger partial charge in [-0.1, -0.05) is 146 Å². The van der Waals surface area contributed by atoms with Crippen LogP contribution in [0.15, 0.2) is 199 Å². The third-order valence-corrected chi connectivity index (χ3v) is 16.0. The van der Waals surface area contributed by atoms with Crippen molar-refractivity contribution in [1.82, 2.24) is 28.5 Å². The van der Waals surface area contributed by atoms with Crippen LogP contribution in [0.2, 0.25) is 0 Å². The van der Waals surface area contributed by atoms with Crippen molar-refractivity contribution < 1.29 is 70.3 Å². The molecule has 0 aliphatic heterocycles. The summed E-state index contributed by atoms with van der Waals surface area (Å²) >= 11 is 0. The van der Waals surface area contributed by atoms with Gasteiger partial charge in [-0.15, -0.1) is 10.2 Å². The summed E-state index contributed by atoms with van der Waals surface area (Å²) in [4.78, 5) is 0. The van der Waals surface area contributed by atoms with Gasteiger partial charge in [0.15, 0.2) is 0 Å². The summed E-state index contributed by atoms with van der Waals surface area (Å²) in [5.74, 6) is -53.4. The lowest BCUT2D eigenvalue weighted by molar-refractivity contribution is -0.454. The number of nitrogens with zero attached hydrogens (tertiary/aromatic N) is 7. The molecule has 23 heteroatoms. The van der Waals surface area contributed by atoms with Crippen molar-refractivity contribution in [2.45, 2.75) is 41.7 Å². The molecule has 14 aromatic rings. The summed E-state index contributed by atoms with van der Waals surface area (Å²) in [5, 5.41) is 23.8. The van der Waals surface area contributed by atoms with Crippen molar-refractivity contribution in [3.05, 3.63) is 206 Å². The van der Waals surface area contributed by atoms with Crippen LogP contribution in [-0.4, -0.2) is 64.3 Å². The number of hydrogen-bond acceptors (Lipinski definition) is 4. The second-order valence-electron chi connectivity index (χ2n) is 20.6. The van der Waals surface area contributed by atoms with E-state index in [2.05, 4.69) is 16.3 Å². The molecule has 0 fully saturated rings. The molecule has 0 spiro atoms. The van der Waals surface area contributed by atoms with Gasteiger partial charge in [-0.25, -0.2) is 0 Å². The summed E-state index contributed by atoms with van der Waals surface area (Å²) in [5.41, 5.74) is 1.51. The van der Waals surface area contributed by atoms with E-state index in [9.17, 15) is 36.0 Å². The van der Waals surface area contributed by atoms with E-state index in [1.807, 2.05) is 12.1 Å². The molecule has 5 aromatic heterocycles. The third kappa shape index (κ3) is 7.11. The number of nitriles is 1. The Bertz CT molecular complexity index is 5020. The molecule has 0 unspecified atom stereocenters. The third-order valence-electron chi connectivity index (χ3n) is 16.0. The fourth-order valence-electron chi connectivity index (χ4n) is 12.1. The number of hydrogen-bond donors (Lipinski definition) is 0. The molecule has 0 N–H and O–H groups in total. The summed E-state index contributed by atoms with van der Waals surface area (Å²) in [7, 11) is 0. The second-order valence-corrected chi connectivity index (χ2v) is 20.6. The molecule has 8 nitrogen and oxygen atoms in total. The lowest BCUT2D eigenvalue weighted by Crippen LogP contribution is -2.72. The summed E-state index contributed by atoms with van der Waals surface area (Å²) in [6.45, 7) is 0. The first-order valence-electron chi connectivity index (χ1n) is 26.2. The molecule has 14 rings (SSSR count). The molecule has 5 heterocycles. The van der Waals surface area contributed by atoms with Crippen molar-refractivity contribution >= 4 is 87.2 Å². The van der Waals surface area contributed by atoms with Crippen LogP contribution < -0.4 is 0 Å². The number of halogens is 15. The summed E-state index contributed by atoms with van der Waals surface area (Å²) in [6.07, 6.45) is -7.81. The minimum atomic E-state index is -8.61. The maximum Gasteiger partial charge on any atom is 0.460 e. The Hall–Kier alpha value is -10.2. The normalized spacial score (nSPS) is 13.4. The molecule has 0 aliphatic rings. The van der Waals surface area contributed by atoms with E-state index in [4.69, 9.17) is 4.42 Å². The maximum absolute atomic E-state index is 16.8. The minimum Gasteiger partial charge on any atom is -0.414 e. The van der Waals surface area contributed by atoms with Crippen LogP contribution in [0.3, 0.4) is 0 Å². The molecule has 0 saturated heterocycles. The van der Waals surface area contributed by atoms with Crippen LogP contribution in [0.5, 0.6) is 0 Å². The van der Waals surface area contributed by atoms with Gasteiger partial charge in [0.05, 0.1) is 72.4 Å². The molecule has 9 aromatic carbocycles. The average Bonchev–Trinajstić information content (AvgIpc) is 1.67. The maximum atomic E-state index is 16.8. The van der Waals surface area contributed by atoms with E-state index >= 15 is 35.1 Å². The van der Waals surface area contributed by atoms with E-state index < -0.39 is 59.1 Å². The van der Waals surface area contributed by atoms with Gasteiger partial charge in [0.25, 0.3) is 11.8 Å². The highest BCUT2D eigenvalue weighted by Gasteiger charge is 2.94. The lowest BCUT2D eigenvalue weighted by atomic mass is 9.91. The molecule has 87 heavy (non-hydrogen) atoms. The van der Waals surface area contributed by atoms with E-state index in [0.29, 0.717) is 76.2 Å². The quantitative estimate of drug-likeness (QED) is 0.121. The summed E-state index contributed by atoms with van der Waals surface area (Å²) < 4.78 is 237. The largest absolute Gasteiger partial charge is 0.460 e. The van der Waals surface area contributed by atoms with Gasteiger partial charge >= 0.3 is 41.7 Å². The highest BCUT2D eigenvalue weighted by atomic mass is 19.4. The molecule has 0 aliphatic carbocycles. The van der Waals surface area contributed by atoms with Gasteiger partial charge in [0, 0.05) is 43.1 Å². The van der Waals surface area contributed by atoms with Crippen LogP contribution in [0.25, 0.3) is 121 Å². The number of rotatable bonds is 11. The van der Waals surface area contributed by atoms with E-state index in [1.165, 1.54) is 4.57 Å². The molecule has 0 saturated carbocycles. The second kappa shape index (κ2) is 18.4. The number of para-hydroxylation sites is 8. The van der Waals surface area contributed by atoms with Gasteiger partial charge in [0.1, 0.15) is 11.6 Å². The van der Waals surface area contributed by atoms with Gasteiger partial charge in [-0.3, -0.25) is 0 Å². The number of aromatic nitrogens is 6. The first-order valence-corrected chi connectivity index (χ1v) is 26.2. The number of benzene rings is 9. The van der Waals surface area contributed by atoms with Crippen LogP contribution >= 0.6 is 0 Å². The first-order chi connectivity index (χ1) is 41.4. The molecule has 0 atom stereocenters. The predicted octanol–water partition coefficient (Wildman–Crippen LogP) is 18.8. The van der Waals surface area contributed by atoms with Gasteiger partial charge in [-0.2, -0.15) is 71.1 Å². The van der Waals surface area contributed by atoms with Crippen molar-refractivity contribution in [1.29, 1.82) is 5.26 Å². The Labute approximate surface area is 477 Å². The zero-order valence-electron chi connectivity index (χ0n) is 43.7. The van der Waals surface area contributed by atoms with Crippen molar-refractivity contribution in [2.24, 2.45) is 0 Å². The number of fused-ring (bicyclic) bond motifs is 12. The minimum absolute atomic E-state index is 0.0164. The molecule has 0 bridgehead atoms. The molecule has 434 valence electrons. The van der Waals surface area contributed by atoms with Crippen molar-refractivity contribution in [3.8, 4) is 40.3 Å². The van der Waals surface area contributed by atoms with Crippen molar-refractivity contribution in [2.75, 3.05) is 0 Å². The lowest BCUT2D eigenvalue weighted by Gasteiger charge is -2.40. The van der Waals surface area contributed by atoms with Gasteiger partial charge in [-0.05, 0) is 48.5 Å². The van der Waals surface area contributed by atoms with Crippen molar-refractivity contribution in [3.63, 3.8) is 0 Å². The molecular weight excluding hydrogens is 1170 g/mol.